The van der Waals surface area contributed by atoms with E-state index in [0.29, 0.717) is 17.1 Å². The van der Waals surface area contributed by atoms with Crippen LogP contribution in [0.5, 0.6) is 0 Å². The van der Waals surface area contributed by atoms with E-state index in [2.05, 4.69) is 25.7 Å². The average molecular weight is 289 g/mol. The van der Waals surface area contributed by atoms with E-state index in [-0.39, 0.29) is 11.3 Å². The number of anilines is 1. The molecule has 4 heteroatoms. The van der Waals surface area contributed by atoms with Crippen molar-refractivity contribution in [2.75, 3.05) is 12.3 Å². The number of hydrogen-bond acceptors (Lipinski definition) is 2. The summed E-state index contributed by atoms with van der Waals surface area (Å²) in [6, 6.07) is 2.20. The SMILES string of the molecule is CCn1cc(N)cc1C(=O)N1CC2(C)CC1CC(C)(C)C2. The number of nitrogen functional groups attached to an aromatic ring is 1. The first kappa shape index (κ1) is 14.5. The zero-order chi connectivity index (χ0) is 15.4. The molecule has 1 amide bonds. The Morgan fingerprint density at radius 1 is 1.38 bits per heavy atom. The van der Waals surface area contributed by atoms with Crippen LogP contribution in [0.25, 0.3) is 0 Å². The third kappa shape index (κ3) is 2.45. The fourth-order valence-electron chi connectivity index (χ4n) is 4.82. The molecule has 1 aliphatic heterocycles. The summed E-state index contributed by atoms with van der Waals surface area (Å²) in [4.78, 5) is 15.1. The van der Waals surface area contributed by atoms with Crippen LogP contribution in [0.15, 0.2) is 12.3 Å². The highest BCUT2D eigenvalue weighted by atomic mass is 16.2. The lowest BCUT2D eigenvalue weighted by Crippen LogP contribution is -2.38. The van der Waals surface area contributed by atoms with Gasteiger partial charge in [-0.1, -0.05) is 20.8 Å². The van der Waals surface area contributed by atoms with Crippen LogP contribution in [0.3, 0.4) is 0 Å². The first-order valence-corrected chi connectivity index (χ1v) is 8.00. The summed E-state index contributed by atoms with van der Waals surface area (Å²) in [5.74, 6) is 0.153. The number of nitrogens with zero attached hydrogens (tertiary/aromatic N) is 2. The summed E-state index contributed by atoms with van der Waals surface area (Å²) in [7, 11) is 0. The van der Waals surface area contributed by atoms with Crippen LogP contribution in [0.1, 0.15) is 57.4 Å². The fraction of sp³-hybridized carbons (Fsp3) is 0.706. The second-order valence-electron chi connectivity index (χ2n) is 8.09. The number of hydrogen-bond donors (Lipinski definition) is 1. The Hall–Kier alpha value is -1.45. The largest absolute Gasteiger partial charge is 0.397 e. The number of aromatic nitrogens is 1. The van der Waals surface area contributed by atoms with E-state index in [1.165, 1.54) is 6.42 Å². The van der Waals surface area contributed by atoms with Gasteiger partial charge in [0.2, 0.25) is 0 Å². The summed E-state index contributed by atoms with van der Waals surface area (Å²) in [5.41, 5.74) is 7.90. The molecule has 1 aromatic rings. The van der Waals surface area contributed by atoms with Crippen LogP contribution >= 0.6 is 0 Å². The monoisotopic (exact) mass is 289 g/mol. The molecule has 2 fully saturated rings. The lowest BCUT2D eigenvalue weighted by atomic mass is 9.65. The molecule has 1 aliphatic carbocycles. The van der Waals surface area contributed by atoms with Crippen molar-refractivity contribution in [3.8, 4) is 0 Å². The zero-order valence-corrected chi connectivity index (χ0v) is 13.6. The van der Waals surface area contributed by atoms with Gasteiger partial charge in [0, 0.05) is 25.3 Å². The number of amides is 1. The summed E-state index contributed by atoms with van der Waals surface area (Å²) < 4.78 is 1.97. The van der Waals surface area contributed by atoms with Crippen molar-refractivity contribution < 1.29 is 4.79 Å². The van der Waals surface area contributed by atoms with Crippen molar-refractivity contribution in [1.29, 1.82) is 0 Å². The molecule has 0 aromatic carbocycles. The molecule has 2 aliphatic rings. The average Bonchev–Trinajstić information content (AvgIpc) is 2.84. The van der Waals surface area contributed by atoms with Crippen molar-refractivity contribution >= 4 is 11.6 Å². The van der Waals surface area contributed by atoms with Gasteiger partial charge in [-0.05, 0) is 43.1 Å². The minimum Gasteiger partial charge on any atom is -0.397 e. The maximum atomic E-state index is 13.0. The Bertz CT molecular complexity index is 575. The molecule has 0 spiro atoms. The molecule has 2 atom stereocenters. The number of rotatable bonds is 2. The van der Waals surface area contributed by atoms with E-state index < -0.39 is 0 Å². The topological polar surface area (TPSA) is 51.3 Å². The Morgan fingerprint density at radius 2 is 2.10 bits per heavy atom. The highest BCUT2D eigenvalue weighted by Crippen LogP contribution is 2.52. The van der Waals surface area contributed by atoms with E-state index >= 15 is 0 Å². The quantitative estimate of drug-likeness (QED) is 0.909. The molecule has 0 radical (unpaired) electrons. The second-order valence-corrected chi connectivity index (χ2v) is 8.09. The minimum absolute atomic E-state index is 0.153. The molecule has 2 bridgehead atoms. The molecule has 2 N–H and O–H groups in total. The number of carbonyl (C=O) groups is 1. The first-order chi connectivity index (χ1) is 9.73. The molecular weight excluding hydrogens is 262 g/mol. The van der Waals surface area contributed by atoms with Gasteiger partial charge in [-0.15, -0.1) is 0 Å². The number of aryl methyl sites for hydroxylation is 1. The van der Waals surface area contributed by atoms with Crippen LogP contribution in [0.2, 0.25) is 0 Å². The van der Waals surface area contributed by atoms with E-state index in [4.69, 9.17) is 5.73 Å². The van der Waals surface area contributed by atoms with Crippen LogP contribution in [-0.2, 0) is 6.54 Å². The zero-order valence-electron chi connectivity index (χ0n) is 13.6. The summed E-state index contributed by atoms with van der Waals surface area (Å²) in [5, 5.41) is 0. The molecule has 3 rings (SSSR count). The molecule has 1 saturated heterocycles. The van der Waals surface area contributed by atoms with Crippen molar-refractivity contribution in [3.05, 3.63) is 18.0 Å². The van der Waals surface area contributed by atoms with Gasteiger partial charge in [-0.3, -0.25) is 4.79 Å². The Kier molecular flexibility index (Phi) is 3.12. The molecule has 1 saturated carbocycles. The molecular formula is C17H27N3O. The third-order valence-corrected chi connectivity index (χ3v) is 5.15. The first-order valence-electron chi connectivity index (χ1n) is 8.00. The van der Waals surface area contributed by atoms with Gasteiger partial charge in [0.15, 0.2) is 0 Å². The maximum Gasteiger partial charge on any atom is 0.270 e. The van der Waals surface area contributed by atoms with Crippen LogP contribution in [-0.4, -0.2) is 28.0 Å². The van der Waals surface area contributed by atoms with Crippen molar-refractivity contribution in [2.24, 2.45) is 10.8 Å². The van der Waals surface area contributed by atoms with E-state index in [0.717, 1.165) is 31.6 Å². The van der Waals surface area contributed by atoms with Gasteiger partial charge in [0.05, 0.1) is 5.69 Å². The Labute approximate surface area is 127 Å². The Balaban J connectivity index is 1.89. The van der Waals surface area contributed by atoms with Gasteiger partial charge >= 0.3 is 0 Å². The van der Waals surface area contributed by atoms with Gasteiger partial charge in [-0.2, -0.15) is 0 Å². The molecule has 116 valence electrons. The van der Waals surface area contributed by atoms with Gasteiger partial charge in [-0.25, -0.2) is 0 Å². The molecule has 1 aromatic heterocycles. The van der Waals surface area contributed by atoms with Crippen LogP contribution in [0, 0.1) is 10.8 Å². The van der Waals surface area contributed by atoms with Crippen LogP contribution < -0.4 is 5.73 Å². The third-order valence-electron chi connectivity index (χ3n) is 5.15. The van der Waals surface area contributed by atoms with Gasteiger partial charge in [0.1, 0.15) is 5.69 Å². The highest BCUT2D eigenvalue weighted by molar-refractivity contribution is 5.94. The van der Waals surface area contributed by atoms with Gasteiger partial charge in [0.25, 0.3) is 5.91 Å². The highest BCUT2D eigenvalue weighted by Gasteiger charge is 2.51. The summed E-state index contributed by atoms with van der Waals surface area (Å²) in [6.07, 6.45) is 5.32. The number of fused-ring (bicyclic) bond motifs is 2. The van der Waals surface area contributed by atoms with E-state index in [1.807, 2.05) is 23.8 Å². The van der Waals surface area contributed by atoms with Crippen molar-refractivity contribution in [1.82, 2.24) is 9.47 Å². The number of carbonyl (C=O) groups excluding carboxylic acids is 1. The maximum absolute atomic E-state index is 13.0. The standard InChI is InChI=1S/C17H27N3O/c1-5-19-9-12(18)6-14(19)15(21)20-11-17(4)8-13(20)7-16(2,3)10-17/h6,9,13H,5,7-8,10-11,18H2,1-4H3. The number of nitrogens with two attached hydrogens (primary N) is 1. The second kappa shape index (κ2) is 4.52. The fourth-order valence-corrected chi connectivity index (χ4v) is 4.82. The summed E-state index contributed by atoms with van der Waals surface area (Å²) >= 11 is 0. The molecule has 21 heavy (non-hydrogen) atoms. The molecule has 2 heterocycles. The van der Waals surface area contributed by atoms with Gasteiger partial charge < -0.3 is 15.2 Å². The normalized spacial score (nSPS) is 30.7. The van der Waals surface area contributed by atoms with Crippen molar-refractivity contribution in [3.63, 3.8) is 0 Å². The number of likely N-dealkylation sites (tertiary alicyclic amines) is 1. The lowest BCUT2D eigenvalue weighted by Gasteiger charge is -2.39. The molecule has 2 unspecified atom stereocenters. The van der Waals surface area contributed by atoms with E-state index in [1.54, 1.807) is 0 Å². The Morgan fingerprint density at radius 3 is 2.76 bits per heavy atom. The van der Waals surface area contributed by atoms with E-state index in [9.17, 15) is 4.79 Å². The predicted molar refractivity (Wildman–Crippen MR) is 85.1 cm³/mol. The minimum atomic E-state index is 0.153. The summed E-state index contributed by atoms with van der Waals surface area (Å²) in [6.45, 7) is 10.7. The van der Waals surface area contributed by atoms with Crippen molar-refractivity contribution in [2.45, 2.75) is 59.5 Å². The lowest BCUT2D eigenvalue weighted by molar-refractivity contribution is 0.0697. The predicted octanol–water partition coefficient (Wildman–Crippen LogP) is 3.13. The smallest absolute Gasteiger partial charge is 0.270 e. The molecule has 4 nitrogen and oxygen atoms in total. The van der Waals surface area contributed by atoms with Crippen LogP contribution in [0.4, 0.5) is 5.69 Å².